The van der Waals surface area contributed by atoms with Gasteiger partial charge in [0.15, 0.2) is 0 Å². The molecule has 0 saturated carbocycles. The molecule has 2 radical (unpaired) electrons. The van der Waals surface area contributed by atoms with E-state index >= 15 is 0 Å². The molecule has 2 N–H and O–H groups in total. The Hall–Kier alpha value is -3.46. The van der Waals surface area contributed by atoms with Crippen molar-refractivity contribution in [3.05, 3.63) is 91.0 Å². The van der Waals surface area contributed by atoms with Crippen LogP contribution in [0.15, 0.2) is 91.0 Å². The fraction of sp³-hybridized carbons (Fsp3) is 0. The van der Waals surface area contributed by atoms with Crippen LogP contribution in [-0.2, 0) is 0 Å². The molecule has 1 heterocycles. The molecule has 0 atom stereocenters. The van der Waals surface area contributed by atoms with E-state index < -0.39 is 0 Å². The highest BCUT2D eigenvalue weighted by Gasteiger charge is 2.13. The van der Waals surface area contributed by atoms with Gasteiger partial charge in [0.05, 0.1) is 11.0 Å². The van der Waals surface area contributed by atoms with Crippen molar-refractivity contribution in [1.82, 2.24) is 4.57 Å². The lowest BCUT2D eigenvalue weighted by Crippen LogP contribution is -2.07. The fourth-order valence-electron chi connectivity index (χ4n) is 3.82. The number of hydrogen-bond donors (Lipinski definition) is 1. The zero-order valence-corrected chi connectivity index (χ0v) is 14.8. The zero-order chi connectivity index (χ0) is 18.4. The van der Waals surface area contributed by atoms with Crippen molar-refractivity contribution < 1.29 is 0 Å². The average molecular weight is 344 g/mol. The minimum absolute atomic E-state index is 0.714. The molecule has 126 valence electrons. The van der Waals surface area contributed by atoms with Crippen LogP contribution < -0.4 is 11.2 Å². The quantitative estimate of drug-likeness (QED) is 0.361. The van der Waals surface area contributed by atoms with Gasteiger partial charge < -0.3 is 10.3 Å². The number of hydrogen-bond acceptors (Lipinski definition) is 1. The standard InChI is InChI=1S/C24H17BN2/c25-22-12-11-17(26)15-20(22)16-10-13-24-21(14-16)19-8-4-5-9-23(19)27(24)18-6-2-1-3-7-18/h1-15H,26H2. The topological polar surface area (TPSA) is 30.9 Å². The molecule has 0 unspecified atom stereocenters. The third-order valence-electron chi connectivity index (χ3n) is 5.08. The molecule has 0 aliphatic carbocycles. The zero-order valence-electron chi connectivity index (χ0n) is 14.8. The number of nitrogen functional groups attached to an aromatic ring is 1. The Morgan fingerprint density at radius 2 is 1.41 bits per heavy atom. The van der Waals surface area contributed by atoms with Gasteiger partial charge in [0.25, 0.3) is 0 Å². The molecule has 0 fully saturated rings. The molecular formula is C24H17BN2. The second kappa shape index (κ2) is 6.06. The van der Waals surface area contributed by atoms with E-state index in [1.54, 1.807) is 0 Å². The lowest BCUT2D eigenvalue weighted by molar-refractivity contribution is 1.18. The van der Waals surface area contributed by atoms with E-state index in [0.29, 0.717) is 5.69 Å². The van der Waals surface area contributed by atoms with Crippen LogP contribution in [0.3, 0.4) is 0 Å². The smallest absolute Gasteiger partial charge is 0.114 e. The van der Waals surface area contributed by atoms with E-state index in [1.165, 1.54) is 21.8 Å². The van der Waals surface area contributed by atoms with Gasteiger partial charge in [-0.2, -0.15) is 0 Å². The Balaban J connectivity index is 1.84. The SMILES string of the molecule is [B]c1ccc(N)cc1-c1ccc2c(c1)c1ccccc1n2-c1ccccc1. The van der Waals surface area contributed by atoms with Gasteiger partial charge in [-0.1, -0.05) is 54.0 Å². The van der Waals surface area contributed by atoms with Gasteiger partial charge in [0.1, 0.15) is 7.85 Å². The van der Waals surface area contributed by atoms with E-state index in [0.717, 1.165) is 22.3 Å². The molecule has 5 aromatic rings. The second-order valence-corrected chi connectivity index (χ2v) is 6.77. The molecule has 0 amide bonds. The number of benzene rings is 4. The Bertz CT molecular complexity index is 1290. The van der Waals surface area contributed by atoms with Crippen molar-refractivity contribution in [2.24, 2.45) is 0 Å². The number of rotatable bonds is 2. The summed E-state index contributed by atoms with van der Waals surface area (Å²) in [6, 6.07) is 31.1. The van der Waals surface area contributed by atoms with Crippen molar-refractivity contribution in [1.29, 1.82) is 0 Å². The van der Waals surface area contributed by atoms with E-state index in [4.69, 9.17) is 13.6 Å². The summed E-state index contributed by atoms with van der Waals surface area (Å²) in [5, 5.41) is 2.43. The third kappa shape index (κ3) is 2.51. The van der Waals surface area contributed by atoms with Gasteiger partial charge in [0, 0.05) is 22.1 Å². The first-order valence-corrected chi connectivity index (χ1v) is 8.96. The summed E-state index contributed by atoms with van der Waals surface area (Å²) in [5.41, 5.74) is 13.0. The normalized spacial score (nSPS) is 11.3. The number of nitrogens with two attached hydrogens (primary N) is 1. The monoisotopic (exact) mass is 344 g/mol. The summed E-state index contributed by atoms with van der Waals surface area (Å²) in [7, 11) is 6.21. The van der Waals surface area contributed by atoms with Crippen LogP contribution in [0.4, 0.5) is 5.69 Å². The number of nitrogens with zero attached hydrogens (tertiary/aromatic N) is 1. The molecule has 0 spiro atoms. The van der Waals surface area contributed by atoms with Crippen molar-refractivity contribution in [3.63, 3.8) is 0 Å². The predicted molar refractivity (Wildman–Crippen MR) is 116 cm³/mol. The minimum Gasteiger partial charge on any atom is -0.399 e. The molecule has 5 rings (SSSR count). The molecule has 0 aliphatic heterocycles. The van der Waals surface area contributed by atoms with Gasteiger partial charge in [-0.15, -0.1) is 0 Å². The first-order chi connectivity index (χ1) is 13.2. The summed E-state index contributed by atoms with van der Waals surface area (Å²) in [6.45, 7) is 0. The van der Waals surface area contributed by atoms with Gasteiger partial charge in [-0.3, -0.25) is 0 Å². The number of aromatic nitrogens is 1. The summed E-state index contributed by atoms with van der Waals surface area (Å²) in [4.78, 5) is 0. The van der Waals surface area contributed by atoms with Crippen molar-refractivity contribution in [2.45, 2.75) is 0 Å². The van der Waals surface area contributed by atoms with Crippen LogP contribution in [0.1, 0.15) is 0 Å². The highest BCUT2D eigenvalue weighted by Crippen LogP contribution is 2.34. The lowest BCUT2D eigenvalue weighted by atomic mass is 9.86. The van der Waals surface area contributed by atoms with Gasteiger partial charge >= 0.3 is 0 Å². The molecule has 1 aromatic heterocycles. The Kier molecular flexibility index (Phi) is 3.54. The van der Waals surface area contributed by atoms with Crippen LogP contribution in [0, 0.1) is 0 Å². The van der Waals surface area contributed by atoms with Crippen LogP contribution in [0.5, 0.6) is 0 Å². The Morgan fingerprint density at radius 1 is 0.667 bits per heavy atom. The van der Waals surface area contributed by atoms with Crippen LogP contribution in [0.25, 0.3) is 38.6 Å². The highest BCUT2D eigenvalue weighted by molar-refractivity contribution is 6.36. The van der Waals surface area contributed by atoms with Crippen LogP contribution in [-0.4, -0.2) is 12.4 Å². The average Bonchev–Trinajstić information content (AvgIpc) is 3.04. The number of fused-ring (bicyclic) bond motifs is 3. The molecule has 4 aromatic carbocycles. The highest BCUT2D eigenvalue weighted by atomic mass is 15.0. The Labute approximate surface area is 159 Å². The van der Waals surface area contributed by atoms with Crippen LogP contribution in [0.2, 0.25) is 0 Å². The largest absolute Gasteiger partial charge is 0.399 e. The molecule has 0 saturated heterocycles. The van der Waals surface area contributed by atoms with Gasteiger partial charge in [0.2, 0.25) is 0 Å². The van der Waals surface area contributed by atoms with Gasteiger partial charge in [-0.05, 0) is 53.6 Å². The third-order valence-corrected chi connectivity index (χ3v) is 5.08. The Morgan fingerprint density at radius 3 is 2.26 bits per heavy atom. The van der Waals surface area contributed by atoms with Crippen molar-refractivity contribution in [3.8, 4) is 16.8 Å². The fourth-order valence-corrected chi connectivity index (χ4v) is 3.82. The van der Waals surface area contributed by atoms with Gasteiger partial charge in [-0.25, -0.2) is 0 Å². The van der Waals surface area contributed by atoms with Crippen LogP contribution >= 0.6 is 0 Å². The molecule has 27 heavy (non-hydrogen) atoms. The maximum atomic E-state index is 6.21. The summed E-state index contributed by atoms with van der Waals surface area (Å²) in [5.74, 6) is 0. The lowest BCUT2D eigenvalue weighted by Gasteiger charge is -2.10. The second-order valence-electron chi connectivity index (χ2n) is 6.77. The van der Waals surface area contributed by atoms with Crippen molar-refractivity contribution in [2.75, 3.05) is 5.73 Å². The number of para-hydroxylation sites is 2. The molecule has 0 bridgehead atoms. The summed E-state index contributed by atoms with van der Waals surface area (Å²) in [6.07, 6.45) is 0. The molecule has 3 heteroatoms. The maximum absolute atomic E-state index is 6.21. The minimum atomic E-state index is 0.714. The molecule has 0 aliphatic rings. The predicted octanol–water partition coefficient (Wildman–Crippen LogP) is 4.83. The van der Waals surface area contributed by atoms with Crippen molar-refractivity contribution >= 4 is 40.8 Å². The maximum Gasteiger partial charge on any atom is 0.114 e. The molecule has 2 nitrogen and oxygen atoms in total. The molecular weight excluding hydrogens is 327 g/mol. The van der Waals surface area contributed by atoms with E-state index in [9.17, 15) is 0 Å². The van der Waals surface area contributed by atoms with E-state index in [-0.39, 0.29) is 0 Å². The van der Waals surface area contributed by atoms with E-state index in [2.05, 4.69) is 71.3 Å². The summed E-state index contributed by atoms with van der Waals surface area (Å²) >= 11 is 0. The first-order valence-electron chi connectivity index (χ1n) is 8.96. The summed E-state index contributed by atoms with van der Waals surface area (Å²) < 4.78 is 2.30. The number of anilines is 1. The van der Waals surface area contributed by atoms with E-state index in [1.807, 2.05) is 24.3 Å². The first kappa shape index (κ1) is 15.8.